The van der Waals surface area contributed by atoms with E-state index in [0.717, 1.165) is 6.54 Å². The number of aryl methyl sites for hydroxylation is 1. The van der Waals surface area contributed by atoms with Gasteiger partial charge in [-0.15, -0.1) is 5.10 Å². The minimum absolute atomic E-state index is 1.02. The molecule has 0 fully saturated rings. The monoisotopic (exact) mass is 319 g/mol. The lowest BCUT2D eigenvalue weighted by molar-refractivity contribution is 0.514. The third kappa shape index (κ3) is 13.1. The summed E-state index contributed by atoms with van der Waals surface area (Å²) in [4.78, 5) is 0. The lowest BCUT2D eigenvalue weighted by Gasteiger charge is -2.01. The van der Waals surface area contributed by atoms with Gasteiger partial charge in [0, 0.05) is 12.7 Å². The topological polar surface area (TPSA) is 30.7 Å². The molecule has 1 heterocycles. The maximum atomic E-state index is 3.98. The number of hydrogen-bond donors (Lipinski definition) is 0. The van der Waals surface area contributed by atoms with Gasteiger partial charge in [0.2, 0.25) is 0 Å². The third-order valence-corrected chi connectivity index (χ3v) is 4.37. The fourth-order valence-electron chi connectivity index (χ4n) is 2.87. The molecule has 0 unspecified atom stereocenters. The fourth-order valence-corrected chi connectivity index (χ4v) is 2.87. The average Bonchev–Trinajstić information content (AvgIpc) is 3.08. The van der Waals surface area contributed by atoms with Crippen LogP contribution in [0.1, 0.15) is 96.8 Å². The van der Waals surface area contributed by atoms with Crippen LogP contribution in [0.5, 0.6) is 0 Å². The molecule has 1 aromatic heterocycles. The highest BCUT2D eigenvalue weighted by atomic mass is 15.4. The third-order valence-electron chi connectivity index (χ3n) is 4.37. The van der Waals surface area contributed by atoms with Gasteiger partial charge in [-0.3, -0.25) is 4.68 Å². The zero-order chi connectivity index (χ0) is 16.4. The van der Waals surface area contributed by atoms with Crippen molar-refractivity contribution in [1.29, 1.82) is 0 Å². The average molecular weight is 320 g/mol. The lowest BCUT2D eigenvalue weighted by Crippen LogP contribution is -1.98. The Morgan fingerprint density at radius 1 is 0.739 bits per heavy atom. The quantitative estimate of drug-likeness (QED) is 0.264. The number of hydrogen-bond acceptors (Lipinski definition) is 2. The number of rotatable bonds is 16. The van der Waals surface area contributed by atoms with E-state index < -0.39 is 0 Å². The molecule has 0 aliphatic carbocycles. The van der Waals surface area contributed by atoms with Crippen LogP contribution in [0.2, 0.25) is 0 Å². The second-order valence-electron chi connectivity index (χ2n) is 6.60. The summed E-state index contributed by atoms with van der Waals surface area (Å²) in [7, 11) is 0. The van der Waals surface area contributed by atoms with E-state index in [1.807, 2.05) is 10.9 Å². The summed E-state index contributed by atoms with van der Waals surface area (Å²) < 4.78 is 1.93. The minimum atomic E-state index is 1.02. The summed E-state index contributed by atoms with van der Waals surface area (Å²) in [5.41, 5.74) is 0. The molecule has 0 radical (unpaired) electrons. The Bertz CT molecular complexity index is 357. The Morgan fingerprint density at radius 3 is 1.87 bits per heavy atom. The van der Waals surface area contributed by atoms with Gasteiger partial charge in [0.25, 0.3) is 0 Å². The van der Waals surface area contributed by atoms with E-state index >= 15 is 0 Å². The van der Waals surface area contributed by atoms with Crippen molar-refractivity contribution >= 4 is 0 Å². The first-order valence-electron chi connectivity index (χ1n) is 9.92. The summed E-state index contributed by atoms with van der Waals surface area (Å²) in [5, 5.41) is 7.80. The molecule has 0 bridgehead atoms. The summed E-state index contributed by atoms with van der Waals surface area (Å²) >= 11 is 0. The molecule has 0 spiro atoms. The van der Waals surface area contributed by atoms with E-state index in [1.54, 1.807) is 6.20 Å². The van der Waals surface area contributed by atoms with Gasteiger partial charge in [0.05, 0.1) is 6.20 Å². The Balaban J connectivity index is 1.73. The SMILES string of the molecule is CCCCCCCC/C=C\CCCCCCCCn1ccnn1. The van der Waals surface area contributed by atoms with Crippen LogP contribution < -0.4 is 0 Å². The maximum absolute atomic E-state index is 3.98. The van der Waals surface area contributed by atoms with Crippen LogP contribution in [0, 0.1) is 0 Å². The summed E-state index contributed by atoms with van der Waals surface area (Å²) in [6.45, 7) is 3.29. The highest BCUT2D eigenvalue weighted by Gasteiger charge is 1.93. The maximum Gasteiger partial charge on any atom is 0.0692 e. The first-order chi connectivity index (χ1) is 11.4. The van der Waals surface area contributed by atoms with Crippen molar-refractivity contribution in [3.05, 3.63) is 24.5 Å². The van der Waals surface area contributed by atoms with Gasteiger partial charge in [0.15, 0.2) is 0 Å². The van der Waals surface area contributed by atoms with E-state index in [2.05, 4.69) is 29.4 Å². The molecule has 0 saturated heterocycles. The molecular formula is C20H37N3. The van der Waals surface area contributed by atoms with Gasteiger partial charge in [-0.05, 0) is 32.1 Å². The van der Waals surface area contributed by atoms with Crippen molar-refractivity contribution in [3.63, 3.8) is 0 Å². The molecule has 132 valence electrons. The summed E-state index contributed by atoms with van der Waals surface area (Å²) in [6, 6.07) is 0. The smallest absolute Gasteiger partial charge is 0.0692 e. The molecule has 0 aliphatic rings. The van der Waals surface area contributed by atoms with Gasteiger partial charge >= 0.3 is 0 Å². The van der Waals surface area contributed by atoms with Crippen LogP contribution in [-0.4, -0.2) is 15.0 Å². The first-order valence-corrected chi connectivity index (χ1v) is 9.92. The van der Waals surface area contributed by atoms with Crippen molar-refractivity contribution in [2.24, 2.45) is 0 Å². The number of aromatic nitrogens is 3. The molecule has 0 aromatic carbocycles. The molecule has 0 N–H and O–H groups in total. The molecule has 0 atom stereocenters. The molecule has 0 amide bonds. The summed E-state index contributed by atoms with van der Waals surface area (Å²) in [6.07, 6.45) is 27.5. The molecule has 23 heavy (non-hydrogen) atoms. The number of allylic oxidation sites excluding steroid dienone is 2. The van der Waals surface area contributed by atoms with Crippen LogP contribution >= 0.6 is 0 Å². The molecule has 0 aliphatic heterocycles. The van der Waals surface area contributed by atoms with Crippen LogP contribution in [0.25, 0.3) is 0 Å². The van der Waals surface area contributed by atoms with Gasteiger partial charge in [-0.1, -0.05) is 82.1 Å². The van der Waals surface area contributed by atoms with Crippen LogP contribution in [0.15, 0.2) is 24.5 Å². The molecule has 1 aromatic rings. The zero-order valence-electron chi connectivity index (χ0n) is 15.3. The van der Waals surface area contributed by atoms with Gasteiger partial charge < -0.3 is 0 Å². The van der Waals surface area contributed by atoms with E-state index in [4.69, 9.17) is 0 Å². The largest absolute Gasteiger partial charge is 0.253 e. The van der Waals surface area contributed by atoms with Crippen LogP contribution in [-0.2, 0) is 6.54 Å². The number of unbranched alkanes of at least 4 members (excludes halogenated alkanes) is 12. The molecular weight excluding hydrogens is 282 g/mol. The number of nitrogens with zero attached hydrogens (tertiary/aromatic N) is 3. The van der Waals surface area contributed by atoms with Crippen LogP contribution in [0.4, 0.5) is 0 Å². The van der Waals surface area contributed by atoms with E-state index in [-0.39, 0.29) is 0 Å². The Labute approximate surface area is 143 Å². The van der Waals surface area contributed by atoms with Crippen molar-refractivity contribution in [3.8, 4) is 0 Å². The van der Waals surface area contributed by atoms with E-state index in [1.165, 1.54) is 89.9 Å². The predicted octanol–water partition coefficient (Wildman–Crippen LogP) is 6.32. The molecule has 3 heteroatoms. The van der Waals surface area contributed by atoms with Gasteiger partial charge in [-0.25, -0.2) is 0 Å². The summed E-state index contributed by atoms with van der Waals surface area (Å²) in [5.74, 6) is 0. The Morgan fingerprint density at radius 2 is 1.30 bits per heavy atom. The van der Waals surface area contributed by atoms with E-state index in [0.29, 0.717) is 0 Å². The minimum Gasteiger partial charge on any atom is -0.253 e. The first kappa shape index (κ1) is 19.9. The van der Waals surface area contributed by atoms with Crippen molar-refractivity contribution in [1.82, 2.24) is 15.0 Å². The van der Waals surface area contributed by atoms with Crippen molar-refractivity contribution in [2.75, 3.05) is 0 Å². The Kier molecular flexibility index (Phi) is 13.7. The second-order valence-corrected chi connectivity index (χ2v) is 6.60. The van der Waals surface area contributed by atoms with Crippen molar-refractivity contribution in [2.45, 2.75) is 103 Å². The zero-order valence-corrected chi connectivity index (χ0v) is 15.3. The van der Waals surface area contributed by atoms with Crippen LogP contribution in [0.3, 0.4) is 0 Å². The Hall–Kier alpha value is -1.12. The normalized spacial score (nSPS) is 11.5. The van der Waals surface area contributed by atoms with E-state index in [9.17, 15) is 0 Å². The highest BCUT2D eigenvalue weighted by molar-refractivity contribution is 4.81. The second kappa shape index (κ2) is 15.8. The standard InChI is InChI=1S/C20H37N3/c1-2-3-4-5-6-7-8-9-10-11-12-13-14-15-16-17-19-23-20-18-21-22-23/h9-10,18,20H,2-8,11-17,19H2,1H3/b10-9-. The lowest BCUT2D eigenvalue weighted by atomic mass is 10.1. The predicted molar refractivity (Wildman–Crippen MR) is 99.5 cm³/mol. The van der Waals surface area contributed by atoms with Gasteiger partial charge in [0.1, 0.15) is 0 Å². The molecule has 0 saturated carbocycles. The molecule has 1 rings (SSSR count). The van der Waals surface area contributed by atoms with Crippen molar-refractivity contribution < 1.29 is 0 Å². The molecule has 3 nitrogen and oxygen atoms in total. The fraction of sp³-hybridized carbons (Fsp3) is 0.800. The highest BCUT2D eigenvalue weighted by Crippen LogP contribution is 2.10. The van der Waals surface area contributed by atoms with Gasteiger partial charge in [-0.2, -0.15) is 0 Å².